The van der Waals surface area contributed by atoms with Crippen molar-refractivity contribution in [2.24, 2.45) is 0 Å². The minimum absolute atomic E-state index is 0.0293. The summed E-state index contributed by atoms with van der Waals surface area (Å²) in [6.45, 7) is 0. The summed E-state index contributed by atoms with van der Waals surface area (Å²) in [7, 11) is -4.30. The van der Waals surface area contributed by atoms with Crippen LogP contribution in [0.15, 0.2) is 41.3 Å². The van der Waals surface area contributed by atoms with Crippen molar-refractivity contribution in [1.82, 2.24) is 0 Å². The van der Waals surface area contributed by atoms with Crippen LogP contribution in [0, 0.1) is 11.6 Å². The first-order chi connectivity index (χ1) is 9.31. The van der Waals surface area contributed by atoms with Gasteiger partial charge in [-0.2, -0.15) is 8.42 Å². The zero-order valence-electron chi connectivity index (χ0n) is 9.61. The van der Waals surface area contributed by atoms with Crippen molar-refractivity contribution in [3.05, 3.63) is 58.1 Å². The Balaban J connectivity index is 2.41. The fraction of sp³-hybridized carbons (Fsp3) is 0. The summed E-state index contributed by atoms with van der Waals surface area (Å²) in [6.07, 6.45) is 0. The van der Waals surface area contributed by atoms with Gasteiger partial charge in [-0.25, -0.2) is 8.78 Å². The molecule has 0 aromatic heterocycles. The van der Waals surface area contributed by atoms with Crippen LogP contribution in [0.25, 0.3) is 0 Å². The Bertz CT molecular complexity index is 763. The Hall–Kier alpha value is -1.37. The smallest absolute Gasteiger partial charge is 0.340 e. The van der Waals surface area contributed by atoms with E-state index in [0.717, 1.165) is 12.1 Å². The summed E-state index contributed by atoms with van der Waals surface area (Å²) >= 11 is 11.5. The molecule has 0 aliphatic heterocycles. The molecule has 2 aromatic carbocycles. The molecule has 0 radical (unpaired) electrons. The molecule has 0 amide bonds. The average Bonchev–Trinajstić information content (AvgIpc) is 2.36. The van der Waals surface area contributed by atoms with Gasteiger partial charge in [0, 0.05) is 6.07 Å². The van der Waals surface area contributed by atoms with Crippen molar-refractivity contribution in [1.29, 1.82) is 0 Å². The van der Waals surface area contributed by atoms with E-state index in [1.165, 1.54) is 18.2 Å². The van der Waals surface area contributed by atoms with Crippen LogP contribution in [0.5, 0.6) is 5.75 Å². The molecule has 0 heterocycles. The molecule has 0 spiro atoms. The van der Waals surface area contributed by atoms with E-state index in [2.05, 4.69) is 4.18 Å². The van der Waals surface area contributed by atoms with Crippen LogP contribution in [-0.2, 0) is 10.1 Å². The van der Waals surface area contributed by atoms with E-state index < -0.39 is 21.8 Å². The monoisotopic (exact) mass is 338 g/mol. The van der Waals surface area contributed by atoms with E-state index in [0.29, 0.717) is 6.07 Å². The normalized spacial score (nSPS) is 11.4. The van der Waals surface area contributed by atoms with Crippen LogP contribution in [0.4, 0.5) is 8.78 Å². The van der Waals surface area contributed by atoms with Gasteiger partial charge >= 0.3 is 10.1 Å². The summed E-state index contributed by atoms with van der Waals surface area (Å²) in [6, 6.07) is 6.30. The number of hydrogen-bond donors (Lipinski definition) is 0. The van der Waals surface area contributed by atoms with Crippen LogP contribution in [0.3, 0.4) is 0 Å². The lowest BCUT2D eigenvalue weighted by Crippen LogP contribution is -2.10. The lowest BCUT2D eigenvalue weighted by Gasteiger charge is -2.09. The van der Waals surface area contributed by atoms with Crippen LogP contribution >= 0.6 is 23.2 Å². The molecule has 8 heteroatoms. The Morgan fingerprint density at radius 3 is 2.35 bits per heavy atom. The van der Waals surface area contributed by atoms with Crippen molar-refractivity contribution in [2.45, 2.75) is 4.90 Å². The van der Waals surface area contributed by atoms with Gasteiger partial charge in [0.2, 0.25) is 0 Å². The first kappa shape index (κ1) is 15.0. The van der Waals surface area contributed by atoms with Crippen molar-refractivity contribution in [3.63, 3.8) is 0 Å². The molecule has 0 saturated carbocycles. The highest BCUT2D eigenvalue weighted by molar-refractivity contribution is 7.87. The lowest BCUT2D eigenvalue weighted by atomic mass is 10.3. The molecule has 106 valence electrons. The molecular weight excluding hydrogens is 333 g/mol. The quantitative estimate of drug-likeness (QED) is 0.793. The molecule has 0 atom stereocenters. The van der Waals surface area contributed by atoms with Gasteiger partial charge in [-0.15, -0.1) is 0 Å². The highest BCUT2D eigenvalue weighted by Crippen LogP contribution is 2.31. The third-order valence-electron chi connectivity index (χ3n) is 2.28. The minimum Gasteiger partial charge on any atom is -0.379 e. The molecule has 0 saturated heterocycles. The second-order valence-electron chi connectivity index (χ2n) is 3.67. The zero-order chi connectivity index (χ0) is 14.9. The van der Waals surface area contributed by atoms with Crippen molar-refractivity contribution >= 4 is 33.3 Å². The third-order valence-corrected chi connectivity index (χ3v) is 4.50. The molecule has 0 N–H and O–H groups in total. The first-order valence-electron chi connectivity index (χ1n) is 5.15. The molecule has 3 nitrogen and oxygen atoms in total. The fourth-order valence-corrected chi connectivity index (χ4v) is 3.04. The molecule has 2 aromatic rings. The first-order valence-corrected chi connectivity index (χ1v) is 7.31. The molecule has 0 aliphatic rings. The summed E-state index contributed by atoms with van der Waals surface area (Å²) in [5.74, 6) is -2.72. The van der Waals surface area contributed by atoms with E-state index in [-0.39, 0.29) is 20.7 Å². The van der Waals surface area contributed by atoms with Crippen molar-refractivity contribution < 1.29 is 21.4 Å². The van der Waals surface area contributed by atoms with E-state index in [4.69, 9.17) is 23.2 Å². The highest BCUT2D eigenvalue weighted by Gasteiger charge is 2.22. The van der Waals surface area contributed by atoms with Crippen molar-refractivity contribution in [3.8, 4) is 5.75 Å². The molecule has 0 fully saturated rings. The Labute approximate surface area is 123 Å². The van der Waals surface area contributed by atoms with Gasteiger partial charge in [0.05, 0.1) is 10.0 Å². The van der Waals surface area contributed by atoms with Crippen LogP contribution in [0.2, 0.25) is 10.0 Å². The summed E-state index contributed by atoms with van der Waals surface area (Å²) in [5, 5.41) is -0.182. The van der Waals surface area contributed by atoms with Crippen LogP contribution in [-0.4, -0.2) is 8.42 Å². The zero-order valence-corrected chi connectivity index (χ0v) is 11.9. The summed E-state index contributed by atoms with van der Waals surface area (Å²) in [5.41, 5.74) is 0. The predicted molar refractivity (Wildman–Crippen MR) is 70.6 cm³/mol. The fourth-order valence-electron chi connectivity index (χ4n) is 1.38. The topological polar surface area (TPSA) is 43.4 Å². The molecule has 0 unspecified atom stereocenters. The molecule has 0 bridgehead atoms. The largest absolute Gasteiger partial charge is 0.379 e. The number of benzene rings is 2. The van der Waals surface area contributed by atoms with Gasteiger partial charge in [-0.05, 0) is 24.3 Å². The maximum atomic E-state index is 13.0. The molecule has 20 heavy (non-hydrogen) atoms. The van der Waals surface area contributed by atoms with Gasteiger partial charge in [0.1, 0.15) is 10.6 Å². The van der Waals surface area contributed by atoms with Gasteiger partial charge in [0.15, 0.2) is 11.6 Å². The van der Waals surface area contributed by atoms with E-state index in [1.807, 2.05) is 0 Å². The van der Waals surface area contributed by atoms with Gasteiger partial charge in [0.25, 0.3) is 0 Å². The van der Waals surface area contributed by atoms with E-state index in [1.54, 1.807) is 0 Å². The SMILES string of the molecule is O=S(=O)(Oc1ccc(F)c(F)c1)c1cccc(Cl)c1Cl. The second kappa shape index (κ2) is 5.55. The Kier molecular flexibility index (Phi) is 4.17. The molecular formula is C12H6Cl2F2O3S. The predicted octanol–water partition coefficient (Wildman–Crippen LogP) is 4.04. The van der Waals surface area contributed by atoms with Gasteiger partial charge in [-0.3, -0.25) is 0 Å². The maximum absolute atomic E-state index is 13.0. The average molecular weight is 339 g/mol. The van der Waals surface area contributed by atoms with Gasteiger partial charge < -0.3 is 4.18 Å². The number of rotatable bonds is 3. The van der Waals surface area contributed by atoms with E-state index >= 15 is 0 Å². The van der Waals surface area contributed by atoms with Gasteiger partial charge in [-0.1, -0.05) is 29.3 Å². The van der Waals surface area contributed by atoms with Crippen molar-refractivity contribution in [2.75, 3.05) is 0 Å². The van der Waals surface area contributed by atoms with Crippen LogP contribution in [0.1, 0.15) is 0 Å². The van der Waals surface area contributed by atoms with Crippen LogP contribution < -0.4 is 4.18 Å². The lowest BCUT2D eigenvalue weighted by molar-refractivity contribution is 0.472. The second-order valence-corrected chi connectivity index (χ2v) is 5.97. The summed E-state index contributed by atoms with van der Waals surface area (Å²) < 4.78 is 54.4. The third kappa shape index (κ3) is 3.03. The molecule has 2 rings (SSSR count). The maximum Gasteiger partial charge on any atom is 0.340 e. The van der Waals surface area contributed by atoms with E-state index in [9.17, 15) is 17.2 Å². The molecule has 0 aliphatic carbocycles. The Morgan fingerprint density at radius 1 is 1.00 bits per heavy atom. The highest BCUT2D eigenvalue weighted by atomic mass is 35.5. The Morgan fingerprint density at radius 2 is 1.70 bits per heavy atom. The minimum atomic E-state index is -4.30. The summed E-state index contributed by atoms with van der Waals surface area (Å²) in [4.78, 5) is -0.364. The number of hydrogen-bond acceptors (Lipinski definition) is 3. The standard InChI is InChI=1S/C12H6Cl2F2O3S/c13-8-2-1-3-11(12(8)14)20(17,18)19-7-4-5-9(15)10(16)6-7/h1-6H. The number of halogens is 4.